The summed E-state index contributed by atoms with van der Waals surface area (Å²) in [7, 11) is 1.24. The van der Waals surface area contributed by atoms with Gasteiger partial charge in [0.05, 0.1) is 12.9 Å². The number of allylic oxidation sites excluding steroid dienone is 6. The van der Waals surface area contributed by atoms with E-state index in [2.05, 4.69) is 17.7 Å². The average Bonchev–Trinajstić information content (AvgIpc) is 2.61. The zero-order valence-electron chi connectivity index (χ0n) is 19.1. The van der Waals surface area contributed by atoms with Crippen LogP contribution >= 0.6 is 11.9 Å². The van der Waals surface area contributed by atoms with Crippen LogP contribution in [0, 0.1) is 0 Å². The molecule has 0 unspecified atom stereocenters. The minimum atomic E-state index is -0.439. The molecule has 0 aromatic carbocycles. The summed E-state index contributed by atoms with van der Waals surface area (Å²) in [5.74, 6) is 0.843. The molecule has 160 valence electrons. The highest BCUT2D eigenvalue weighted by atomic mass is 32.2. The summed E-state index contributed by atoms with van der Waals surface area (Å²) in [5.41, 5.74) is 0.670. The number of hydrogen-bond acceptors (Lipinski definition) is 5. The Morgan fingerprint density at radius 3 is 2.29 bits per heavy atom. The molecule has 0 radical (unpaired) electrons. The minimum Gasteiger partial charge on any atom is -0.501 e. The first-order valence-electron chi connectivity index (χ1n) is 10.5. The third kappa shape index (κ3) is 11.3. The van der Waals surface area contributed by atoms with Crippen LogP contribution in [0.4, 0.5) is 0 Å². The molecule has 1 rings (SSSR count). The van der Waals surface area contributed by atoms with Gasteiger partial charge in [-0.2, -0.15) is 0 Å². The molecule has 0 aromatic rings. The minimum absolute atomic E-state index is 0.0602. The standard InChI is InChI=1S/C22H40BNO3S/c1-17(2)26-23(27-22(5,6)7)20(15-14-18(3)25-8)16-19(4)28-24-21-12-10-9-11-13-21/h14-17,21,24H,9-13H2,1-8H3/b18-14+,19-16+,20-15+. The van der Waals surface area contributed by atoms with E-state index in [4.69, 9.17) is 14.0 Å². The second-order valence-electron chi connectivity index (χ2n) is 8.70. The second-order valence-corrected chi connectivity index (χ2v) is 9.79. The summed E-state index contributed by atoms with van der Waals surface area (Å²) >= 11 is 1.71. The Morgan fingerprint density at radius 2 is 1.75 bits per heavy atom. The summed E-state index contributed by atoms with van der Waals surface area (Å²) in [6, 6.07) is 0.610. The second kappa shape index (κ2) is 12.8. The van der Waals surface area contributed by atoms with E-state index in [0.717, 1.165) is 11.2 Å². The van der Waals surface area contributed by atoms with E-state index < -0.39 is 7.12 Å². The fraction of sp³-hybridized carbons (Fsp3) is 0.727. The van der Waals surface area contributed by atoms with Crippen LogP contribution in [0.5, 0.6) is 0 Å². The van der Waals surface area contributed by atoms with Gasteiger partial charge in [-0.1, -0.05) is 31.4 Å². The van der Waals surface area contributed by atoms with Gasteiger partial charge in [0.25, 0.3) is 0 Å². The van der Waals surface area contributed by atoms with Crippen molar-refractivity contribution in [2.45, 2.75) is 98.3 Å². The van der Waals surface area contributed by atoms with E-state index in [0.29, 0.717) is 6.04 Å². The van der Waals surface area contributed by atoms with E-state index in [9.17, 15) is 0 Å². The fourth-order valence-corrected chi connectivity index (χ4v) is 3.66. The first kappa shape index (κ1) is 25.4. The van der Waals surface area contributed by atoms with E-state index in [1.807, 2.05) is 53.7 Å². The Kier molecular flexibility index (Phi) is 11.6. The molecule has 0 aromatic heterocycles. The third-order valence-electron chi connectivity index (χ3n) is 4.32. The molecule has 0 aliphatic heterocycles. The lowest BCUT2D eigenvalue weighted by atomic mass is 9.75. The van der Waals surface area contributed by atoms with Crippen LogP contribution in [-0.4, -0.2) is 32.0 Å². The largest absolute Gasteiger partial charge is 0.501 e. The van der Waals surface area contributed by atoms with Gasteiger partial charge in [-0.15, -0.1) is 0 Å². The summed E-state index contributed by atoms with van der Waals surface area (Å²) < 4.78 is 21.3. The predicted octanol–water partition coefficient (Wildman–Crippen LogP) is 6.20. The molecule has 1 fully saturated rings. The van der Waals surface area contributed by atoms with Crippen molar-refractivity contribution in [1.29, 1.82) is 0 Å². The topological polar surface area (TPSA) is 39.7 Å². The summed E-state index contributed by atoms with van der Waals surface area (Å²) in [4.78, 5) is 1.19. The lowest BCUT2D eigenvalue weighted by Crippen LogP contribution is -2.36. The number of methoxy groups -OCH3 is 1. The molecule has 0 atom stereocenters. The van der Waals surface area contributed by atoms with Crippen LogP contribution in [0.2, 0.25) is 0 Å². The molecule has 0 bridgehead atoms. The van der Waals surface area contributed by atoms with E-state index >= 15 is 0 Å². The zero-order chi connectivity index (χ0) is 21.2. The lowest BCUT2D eigenvalue weighted by Gasteiger charge is -2.27. The van der Waals surface area contributed by atoms with Gasteiger partial charge >= 0.3 is 7.12 Å². The van der Waals surface area contributed by atoms with E-state index in [-0.39, 0.29) is 11.7 Å². The molecule has 28 heavy (non-hydrogen) atoms. The van der Waals surface area contributed by atoms with Crippen molar-refractivity contribution < 1.29 is 14.0 Å². The molecule has 4 nitrogen and oxygen atoms in total. The Labute approximate surface area is 177 Å². The zero-order valence-corrected chi connectivity index (χ0v) is 19.9. The number of rotatable bonds is 10. The maximum Gasteiger partial charge on any atom is 0.494 e. The monoisotopic (exact) mass is 409 g/mol. The average molecular weight is 409 g/mol. The highest BCUT2D eigenvalue weighted by molar-refractivity contribution is 8.01. The Bertz CT molecular complexity index is 546. The summed E-state index contributed by atoms with van der Waals surface area (Å²) in [6.07, 6.45) is 12.8. The van der Waals surface area contributed by atoms with Gasteiger partial charge in [0.15, 0.2) is 0 Å². The van der Waals surface area contributed by atoms with Crippen molar-refractivity contribution in [2.75, 3.05) is 7.11 Å². The Morgan fingerprint density at radius 1 is 1.11 bits per heavy atom. The maximum absolute atomic E-state index is 6.24. The van der Waals surface area contributed by atoms with Crippen molar-refractivity contribution in [2.24, 2.45) is 0 Å². The molecular formula is C22H40BNO3S. The molecule has 1 aliphatic rings. The van der Waals surface area contributed by atoms with Gasteiger partial charge in [0.2, 0.25) is 0 Å². The Hall–Kier alpha value is -0.685. The molecule has 1 saturated carbocycles. The van der Waals surface area contributed by atoms with Gasteiger partial charge in [0, 0.05) is 17.7 Å². The van der Waals surface area contributed by atoms with Gasteiger partial charge in [-0.25, -0.2) is 0 Å². The summed E-state index contributed by atoms with van der Waals surface area (Å²) in [6.45, 7) is 14.3. The number of ether oxygens (including phenoxy) is 1. The Balaban J connectivity index is 2.99. The van der Waals surface area contributed by atoms with Crippen molar-refractivity contribution >= 4 is 19.1 Å². The maximum atomic E-state index is 6.24. The van der Waals surface area contributed by atoms with Crippen molar-refractivity contribution in [3.8, 4) is 0 Å². The first-order valence-corrected chi connectivity index (χ1v) is 11.3. The highest BCUT2D eigenvalue weighted by Gasteiger charge is 2.29. The van der Waals surface area contributed by atoms with Crippen molar-refractivity contribution in [1.82, 2.24) is 4.72 Å². The number of nitrogens with one attached hydrogen (secondary N) is 1. The summed E-state index contributed by atoms with van der Waals surface area (Å²) in [5, 5.41) is 0. The van der Waals surface area contributed by atoms with Crippen LogP contribution in [-0.2, 0) is 14.0 Å². The molecule has 0 amide bonds. The smallest absolute Gasteiger partial charge is 0.494 e. The predicted molar refractivity (Wildman–Crippen MR) is 123 cm³/mol. The SMILES string of the molecule is CO/C(C)=C/C=C(\C=C(/C)SNC1CCCCC1)B(OC(C)C)OC(C)(C)C. The van der Waals surface area contributed by atoms with E-state index in [1.165, 1.54) is 37.0 Å². The molecule has 1 aliphatic carbocycles. The third-order valence-corrected chi connectivity index (χ3v) is 5.21. The van der Waals surface area contributed by atoms with Crippen LogP contribution in [0.1, 0.15) is 80.6 Å². The molecule has 0 spiro atoms. The van der Waals surface area contributed by atoms with Gasteiger partial charge in [-0.05, 0) is 89.7 Å². The van der Waals surface area contributed by atoms with Gasteiger partial charge in [-0.3, -0.25) is 4.72 Å². The first-order chi connectivity index (χ1) is 13.1. The normalized spacial score (nSPS) is 18.0. The van der Waals surface area contributed by atoms with Crippen LogP contribution in [0.3, 0.4) is 0 Å². The molecule has 1 N–H and O–H groups in total. The van der Waals surface area contributed by atoms with Crippen LogP contribution in [0.25, 0.3) is 0 Å². The molecular weight excluding hydrogens is 369 g/mol. The lowest BCUT2D eigenvalue weighted by molar-refractivity contribution is 0.0736. The van der Waals surface area contributed by atoms with Crippen molar-refractivity contribution in [3.63, 3.8) is 0 Å². The molecule has 0 heterocycles. The van der Waals surface area contributed by atoms with Crippen LogP contribution in [0.15, 0.2) is 34.4 Å². The quantitative estimate of drug-likeness (QED) is 0.201. The van der Waals surface area contributed by atoms with Gasteiger partial charge in [0.1, 0.15) is 0 Å². The fourth-order valence-electron chi connectivity index (χ4n) is 2.88. The van der Waals surface area contributed by atoms with Crippen molar-refractivity contribution in [3.05, 3.63) is 34.4 Å². The molecule has 0 saturated heterocycles. The van der Waals surface area contributed by atoms with Gasteiger partial charge < -0.3 is 14.0 Å². The number of hydrogen-bond donors (Lipinski definition) is 1. The molecule has 6 heteroatoms. The highest BCUT2D eigenvalue weighted by Crippen LogP contribution is 2.24. The van der Waals surface area contributed by atoms with E-state index in [1.54, 1.807) is 19.1 Å². The van der Waals surface area contributed by atoms with Crippen LogP contribution < -0.4 is 4.72 Å².